The van der Waals surface area contributed by atoms with Gasteiger partial charge >= 0.3 is 6.09 Å². The van der Waals surface area contributed by atoms with Crippen LogP contribution in [0.3, 0.4) is 0 Å². The molecule has 22 heavy (non-hydrogen) atoms. The number of hydrogen-bond donors (Lipinski definition) is 0. The third-order valence-corrected chi connectivity index (χ3v) is 3.88. The molecule has 2 unspecified atom stereocenters. The van der Waals surface area contributed by atoms with Gasteiger partial charge in [0.2, 0.25) is 0 Å². The average Bonchev–Trinajstić information content (AvgIpc) is 2.43. The molecule has 0 spiro atoms. The summed E-state index contributed by atoms with van der Waals surface area (Å²) in [5.74, 6) is -0.660. The minimum absolute atomic E-state index is 0.317. The number of carbonyl (C=O) groups excluding carboxylic acids is 2. The minimum atomic E-state index is -1.10. The van der Waals surface area contributed by atoms with Crippen LogP contribution in [0.25, 0.3) is 0 Å². The van der Waals surface area contributed by atoms with Gasteiger partial charge in [-0.15, -0.1) is 0 Å². The fourth-order valence-corrected chi connectivity index (χ4v) is 2.09. The lowest BCUT2D eigenvalue weighted by atomic mass is 9.82. The van der Waals surface area contributed by atoms with E-state index in [0.29, 0.717) is 0 Å². The van der Waals surface area contributed by atoms with Crippen LogP contribution in [0.4, 0.5) is 9.18 Å². The van der Waals surface area contributed by atoms with Gasteiger partial charge in [0, 0.05) is 13.0 Å². The van der Waals surface area contributed by atoms with E-state index in [1.165, 1.54) is 24.1 Å². The molecular formula is C17H24FNO3. The first-order valence-electron chi connectivity index (χ1n) is 7.20. The van der Waals surface area contributed by atoms with Crippen LogP contribution in [0.15, 0.2) is 24.3 Å². The first kappa shape index (κ1) is 18.1. The van der Waals surface area contributed by atoms with Crippen LogP contribution in [0.2, 0.25) is 0 Å². The van der Waals surface area contributed by atoms with Crippen LogP contribution in [0, 0.1) is 5.82 Å². The van der Waals surface area contributed by atoms with Gasteiger partial charge in [0.15, 0.2) is 0 Å². The standard InChI is InChI=1S/C17H24FNO3/c1-12(13-7-9-14(18)10-8-13)17(5,11-20)19(6)15(21)22-16(2,3)4/h7-12H,1-6H3. The number of hydrogen-bond acceptors (Lipinski definition) is 3. The topological polar surface area (TPSA) is 46.6 Å². The molecule has 0 saturated heterocycles. The van der Waals surface area contributed by atoms with E-state index in [-0.39, 0.29) is 11.7 Å². The third kappa shape index (κ3) is 4.06. The Morgan fingerprint density at radius 2 is 1.73 bits per heavy atom. The summed E-state index contributed by atoms with van der Waals surface area (Å²) in [7, 11) is 1.53. The highest BCUT2D eigenvalue weighted by Gasteiger charge is 2.40. The van der Waals surface area contributed by atoms with Gasteiger partial charge in [0.25, 0.3) is 0 Å². The van der Waals surface area contributed by atoms with Crippen LogP contribution in [-0.4, -0.2) is 35.5 Å². The lowest BCUT2D eigenvalue weighted by molar-refractivity contribution is -0.118. The molecule has 0 aromatic heterocycles. The highest BCUT2D eigenvalue weighted by Crippen LogP contribution is 2.32. The van der Waals surface area contributed by atoms with Gasteiger partial charge in [0.1, 0.15) is 23.2 Å². The molecule has 0 radical (unpaired) electrons. The number of carbonyl (C=O) groups is 2. The second-order valence-electron chi connectivity index (χ2n) is 6.66. The highest BCUT2D eigenvalue weighted by molar-refractivity contribution is 5.77. The van der Waals surface area contributed by atoms with Gasteiger partial charge in [-0.1, -0.05) is 19.1 Å². The summed E-state index contributed by atoms with van der Waals surface area (Å²) in [6, 6.07) is 5.91. The fraction of sp³-hybridized carbons (Fsp3) is 0.529. The van der Waals surface area contributed by atoms with E-state index in [2.05, 4.69) is 0 Å². The third-order valence-electron chi connectivity index (χ3n) is 3.88. The number of benzene rings is 1. The number of aldehydes is 1. The first-order chi connectivity index (χ1) is 10.0. The predicted molar refractivity (Wildman–Crippen MR) is 83.3 cm³/mol. The van der Waals surface area contributed by atoms with Gasteiger partial charge in [-0.05, 0) is 45.4 Å². The molecule has 1 rings (SSSR count). The van der Waals surface area contributed by atoms with Crippen molar-refractivity contribution in [2.45, 2.75) is 51.7 Å². The molecule has 0 bridgehead atoms. The van der Waals surface area contributed by atoms with Crippen molar-refractivity contribution in [3.8, 4) is 0 Å². The van der Waals surface area contributed by atoms with E-state index < -0.39 is 17.2 Å². The second kappa shape index (κ2) is 6.46. The van der Waals surface area contributed by atoms with Crippen molar-refractivity contribution in [2.75, 3.05) is 7.05 Å². The molecule has 2 atom stereocenters. The van der Waals surface area contributed by atoms with Crippen molar-refractivity contribution in [1.29, 1.82) is 0 Å². The number of halogens is 1. The highest BCUT2D eigenvalue weighted by atomic mass is 19.1. The van der Waals surface area contributed by atoms with Gasteiger partial charge in [0.05, 0.1) is 0 Å². The van der Waals surface area contributed by atoms with E-state index in [9.17, 15) is 14.0 Å². The van der Waals surface area contributed by atoms with E-state index in [1.807, 2.05) is 6.92 Å². The van der Waals surface area contributed by atoms with Crippen LogP contribution >= 0.6 is 0 Å². The minimum Gasteiger partial charge on any atom is -0.444 e. The fourth-order valence-electron chi connectivity index (χ4n) is 2.09. The summed E-state index contributed by atoms with van der Waals surface area (Å²) < 4.78 is 18.4. The Hall–Kier alpha value is -1.91. The molecular weight excluding hydrogens is 285 g/mol. The Morgan fingerprint density at radius 3 is 2.14 bits per heavy atom. The zero-order valence-corrected chi connectivity index (χ0v) is 14.0. The molecule has 0 fully saturated rings. The van der Waals surface area contributed by atoms with E-state index in [4.69, 9.17) is 4.74 Å². The quantitative estimate of drug-likeness (QED) is 0.796. The van der Waals surface area contributed by atoms with Crippen molar-refractivity contribution in [3.63, 3.8) is 0 Å². The molecule has 0 N–H and O–H groups in total. The van der Waals surface area contributed by atoms with Gasteiger partial charge in [-0.2, -0.15) is 0 Å². The lowest BCUT2D eigenvalue weighted by Crippen LogP contribution is -2.53. The summed E-state index contributed by atoms with van der Waals surface area (Å²) in [5, 5.41) is 0. The average molecular weight is 309 g/mol. The molecule has 1 amide bonds. The summed E-state index contributed by atoms with van der Waals surface area (Å²) in [6.45, 7) is 8.78. The Morgan fingerprint density at radius 1 is 1.23 bits per heavy atom. The van der Waals surface area contributed by atoms with Crippen molar-refractivity contribution in [2.24, 2.45) is 0 Å². The zero-order valence-electron chi connectivity index (χ0n) is 14.0. The van der Waals surface area contributed by atoms with Gasteiger partial charge in [-0.3, -0.25) is 4.90 Å². The number of likely N-dealkylation sites (N-methyl/N-ethyl adjacent to an activating group) is 1. The Balaban J connectivity index is 3.06. The van der Waals surface area contributed by atoms with Crippen LogP contribution < -0.4 is 0 Å². The second-order valence-corrected chi connectivity index (χ2v) is 6.66. The largest absolute Gasteiger partial charge is 0.444 e. The SMILES string of the molecule is CC(c1ccc(F)cc1)C(C)(C=O)N(C)C(=O)OC(C)(C)C. The number of amides is 1. The molecule has 0 heterocycles. The monoisotopic (exact) mass is 309 g/mol. The first-order valence-corrected chi connectivity index (χ1v) is 7.20. The maximum atomic E-state index is 13.0. The van der Waals surface area contributed by atoms with Crippen molar-refractivity contribution in [3.05, 3.63) is 35.6 Å². The Kier molecular flexibility index (Phi) is 5.33. The molecule has 0 aliphatic rings. The summed E-state index contributed by atoms with van der Waals surface area (Å²) in [6.07, 6.45) is 0.154. The zero-order chi connectivity index (χ0) is 17.1. The van der Waals surface area contributed by atoms with Crippen LogP contribution in [-0.2, 0) is 9.53 Å². The van der Waals surface area contributed by atoms with Crippen molar-refractivity contribution < 1.29 is 18.7 Å². The molecule has 0 aliphatic carbocycles. The summed E-state index contributed by atoms with van der Waals surface area (Å²) in [5.41, 5.74) is -0.972. The van der Waals surface area contributed by atoms with Crippen molar-refractivity contribution in [1.82, 2.24) is 4.90 Å². The van der Waals surface area contributed by atoms with E-state index in [0.717, 1.165) is 11.8 Å². The number of ether oxygens (including phenoxy) is 1. The smallest absolute Gasteiger partial charge is 0.410 e. The van der Waals surface area contributed by atoms with Crippen LogP contribution in [0.1, 0.15) is 46.1 Å². The Labute approximate surface area is 131 Å². The van der Waals surface area contributed by atoms with E-state index in [1.54, 1.807) is 39.8 Å². The number of rotatable bonds is 4. The summed E-state index contributed by atoms with van der Waals surface area (Å²) >= 11 is 0. The molecule has 1 aromatic rings. The molecule has 4 nitrogen and oxygen atoms in total. The molecule has 0 aliphatic heterocycles. The molecule has 122 valence electrons. The molecule has 5 heteroatoms. The summed E-state index contributed by atoms with van der Waals surface area (Å²) in [4.78, 5) is 25.2. The van der Waals surface area contributed by atoms with E-state index >= 15 is 0 Å². The van der Waals surface area contributed by atoms with Gasteiger partial charge < -0.3 is 9.53 Å². The maximum Gasteiger partial charge on any atom is 0.410 e. The predicted octanol–water partition coefficient (Wildman–Crippen LogP) is 3.75. The molecule has 0 saturated carbocycles. The van der Waals surface area contributed by atoms with Gasteiger partial charge in [-0.25, -0.2) is 9.18 Å². The van der Waals surface area contributed by atoms with Crippen LogP contribution in [0.5, 0.6) is 0 Å². The number of nitrogens with zero attached hydrogens (tertiary/aromatic N) is 1. The molecule has 1 aromatic carbocycles. The normalized spacial score (nSPS) is 15.6. The van der Waals surface area contributed by atoms with Crippen molar-refractivity contribution >= 4 is 12.4 Å². The Bertz CT molecular complexity index is 536. The lowest BCUT2D eigenvalue weighted by Gasteiger charge is -2.39. The maximum absolute atomic E-state index is 13.0.